The van der Waals surface area contributed by atoms with Crippen LogP contribution in [0, 0.1) is 18.3 Å². The Balaban J connectivity index is 2.72. The second-order valence-corrected chi connectivity index (χ2v) is 4.89. The minimum Gasteiger partial charge on any atom is -0.497 e. The van der Waals surface area contributed by atoms with E-state index in [2.05, 4.69) is 9.97 Å². The van der Waals surface area contributed by atoms with Gasteiger partial charge in [0.05, 0.1) is 12.8 Å². The molecule has 102 valence electrons. The SMILES string of the molecule is COc1ccc(-c2nc(SC)[nH]c(=O)c2C#N)c(C)c1. The summed E-state index contributed by atoms with van der Waals surface area (Å²) < 4.78 is 5.15. The number of hydrogen-bond donors (Lipinski definition) is 1. The number of benzene rings is 1. The Morgan fingerprint density at radius 2 is 2.20 bits per heavy atom. The first-order valence-corrected chi connectivity index (χ1v) is 7.06. The first-order chi connectivity index (χ1) is 9.60. The molecule has 0 amide bonds. The van der Waals surface area contributed by atoms with Crippen LogP contribution in [0.25, 0.3) is 11.3 Å². The standard InChI is InChI=1S/C14H13N3O2S/c1-8-6-9(19-2)4-5-10(8)12-11(7-15)13(18)17-14(16-12)20-3/h4-6H,1-3H3,(H,16,17,18). The van der Waals surface area contributed by atoms with Crippen LogP contribution in [0.1, 0.15) is 11.1 Å². The second-order valence-electron chi connectivity index (χ2n) is 4.09. The largest absolute Gasteiger partial charge is 0.497 e. The maximum atomic E-state index is 11.9. The summed E-state index contributed by atoms with van der Waals surface area (Å²) in [5, 5.41) is 9.66. The van der Waals surface area contributed by atoms with Gasteiger partial charge in [-0.25, -0.2) is 4.98 Å². The van der Waals surface area contributed by atoms with Gasteiger partial charge < -0.3 is 9.72 Å². The van der Waals surface area contributed by atoms with E-state index in [1.807, 2.05) is 25.3 Å². The second kappa shape index (κ2) is 5.80. The topological polar surface area (TPSA) is 78.8 Å². The molecule has 0 bridgehead atoms. The van der Waals surface area contributed by atoms with Crippen LogP contribution in [0.4, 0.5) is 0 Å². The smallest absolute Gasteiger partial charge is 0.270 e. The first-order valence-electron chi connectivity index (χ1n) is 5.84. The fourth-order valence-corrected chi connectivity index (χ4v) is 2.25. The average Bonchev–Trinajstić information content (AvgIpc) is 2.46. The number of rotatable bonds is 3. The maximum absolute atomic E-state index is 11.9. The van der Waals surface area contributed by atoms with Gasteiger partial charge in [0.1, 0.15) is 17.4 Å². The Labute approximate surface area is 120 Å². The van der Waals surface area contributed by atoms with E-state index in [0.717, 1.165) is 16.9 Å². The summed E-state index contributed by atoms with van der Waals surface area (Å²) in [6.45, 7) is 1.89. The molecule has 0 saturated carbocycles. The number of aryl methyl sites for hydroxylation is 1. The zero-order valence-electron chi connectivity index (χ0n) is 11.4. The maximum Gasteiger partial charge on any atom is 0.270 e. The molecule has 6 heteroatoms. The number of nitriles is 1. The Hall–Kier alpha value is -2.26. The molecular formula is C14H13N3O2S. The molecule has 0 spiro atoms. The molecule has 0 aliphatic rings. The zero-order chi connectivity index (χ0) is 14.7. The lowest BCUT2D eigenvalue weighted by atomic mass is 10.0. The summed E-state index contributed by atoms with van der Waals surface area (Å²) in [5.41, 5.74) is 1.66. The predicted molar refractivity (Wildman–Crippen MR) is 78.1 cm³/mol. The number of H-pyrrole nitrogens is 1. The van der Waals surface area contributed by atoms with Crippen LogP contribution < -0.4 is 10.3 Å². The molecule has 1 aromatic heterocycles. The van der Waals surface area contributed by atoms with Crippen molar-refractivity contribution in [2.24, 2.45) is 0 Å². The van der Waals surface area contributed by atoms with Gasteiger partial charge in [-0.15, -0.1) is 0 Å². The molecule has 0 saturated heterocycles. The molecule has 0 radical (unpaired) electrons. The molecule has 0 atom stereocenters. The van der Waals surface area contributed by atoms with E-state index in [-0.39, 0.29) is 5.56 Å². The molecule has 2 aromatic rings. The first kappa shape index (κ1) is 14.2. The third-order valence-electron chi connectivity index (χ3n) is 2.89. The minimum absolute atomic E-state index is 0.0241. The van der Waals surface area contributed by atoms with Gasteiger partial charge in [0.2, 0.25) is 0 Å². The van der Waals surface area contributed by atoms with Gasteiger partial charge in [0.15, 0.2) is 5.16 Å². The summed E-state index contributed by atoms with van der Waals surface area (Å²) >= 11 is 1.32. The van der Waals surface area contributed by atoms with Crippen LogP contribution in [0.3, 0.4) is 0 Å². The molecule has 0 fully saturated rings. The van der Waals surface area contributed by atoms with Gasteiger partial charge in [-0.05, 0) is 36.9 Å². The van der Waals surface area contributed by atoms with Gasteiger partial charge in [-0.3, -0.25) is 4.79 Å². The molecular weight excluding hydrogens is 274 g/mol. The highest BCUT2D eigenvalue weighted by atomic mass is 32.2. The van der Waals surface area contributed by atoms with E-state index >= 15 is 0 Å². The monoisotopic (exact) mass is 287 g/mol. The molecule has 0 aliphatic heterocycles. The minimum atomic E-state index is -0.419. The van der Waals surface area contributed by atoms with Crippen LogP contribution in [-0.4, -0.2) is 23.3 Å². The summed E-state index contributed by atoms with van der Waals surface area (Å²) in [4.78, 5) is 18.8. The van der Waals surface area contributed by atoms with Crippen LogP contribution >= 0.6 is 11.8 Å². The third-order valence-corrected chi connectivity index (χ3v) is 3.47. The number of ether oxygens (including phenoxy) is 1. The normalized spacial score (nSPS) is 10.1. The number of aromatic amines is 1. The molecule has 5 nitrogen and oxygen atoms in total. The Morgan fingerprint density at radius 1 is 1.45 bits per heavy atom. The van der Waals surface area contributed by atoms with E-state index in [4.69, 9.17) is 4.74 Å². The predicted octanol–water partition coefficient (Wildman–Crippen LogP) is 2.35. The van der Waals surface area contributed by atoms with Crippen molar-refractivity contribution in [1.82, 2.24) is 9.97 Å². The van der Waals surface area contributed by atoms with Crippen molar-refractivity contribution in [2.75, 3.05) is 13.4 Å². The highest BCUT2D eigenvalue weighted by molar-refractivity contribution is 7.98. The lowest BCUT2D eigenvalue weighted by molar-refractivity contribution is 0.414. The lowest BCUT2D eigenvalue weighted by Crippen LogP contribution is -2.14. The quantitative estimate of drug-likeness (QED) is 0.692. The Morgan fingerprint density at radius 3 is 2.75 bits per heavy atom. The molecule has 20 heavy (non-hydrogen) atoms. The summed E-state index contributed by atoms with van der Waals surface area (Å²) in [5.74, 6) is 0.722. The van der Waals surface area contributed by atoms with E-state index in [1.54, 1.807) is 19.2 Å². The number of nitrogens with one attached hydrogen (secondary N) is 1. The van der Waals surface area contributed by atoms with Crippen molar-refractivity contribution in [2.45, 2.75) is 12.1 Å². The number of hydrogen-bond acceptors (Lipinski definition) is 5. The molecule has 0 aliphatic carbocycles. The summed E-state index contributed by atoms with van der Waals surface area (Å²) in [6.07, 6.45) is 1.81. The van der Waals surface area contributed by atoms with Crippen molar-refractivity contribution in [3.05, 3.63) is 39.7 Å². The van der Waals surface area contributed by atoms with Crippen molar-refractivity contribution in [3.8, 4) is 23.1 Å². The Kier molecular flexibility index (Phi) is 4.11. The van der Waals surface area contributed by atoms with Crippen molar-refractivity contribution in [1.29, 1.82) is 5.26 Å². The van der Waals surface area contributed by atoms with Gasteiger partial charge in [0, 0.05) is 5.56 Å². The molecule has 1 heterocycles. The van der Waals surface area contributed by atoms with Crippen LogP contribution in [-0.2, 0) is 0 Å². The van der Waals surface area contributed by atoms with E-state index < -0.39 is 5.56 Å². The van der Waals surface area contributed by atoms with Crippen LogP contribution in [0.15, 0.2) is 28.2 Å². The van der Waals surface area contributed by atoms with Crippen molar-refractivity contribution in [3.63, 3.8) is 0 Å². The lowest BCUT2D eigenvalue weighted by Gasteiger charge is -2.09. The highest BCUT2D eigenvalue weighted by Crippen LogP contribution is 2.27. The van der Waals surface area contributed by atoms with E-state index in [9.17, 15) is 10.1 Å². The number of nitrogens with zero attached hydrogens (tertiary/aromatic N) is 2. The van der Waals surface area contributed by atoms with E-state index in [0.29, 0.717) is 10.9 Å². The zero-order valence-corrected chi connectivity index (χ0v) is 12.2. The van der Waals surface area contributed by atoms with Gasteiger partial charge >= 0.3 is 0 Å². The average molecular weight is 287 g/mol. The van der Waals surface area contributed by atoms with Crippen LogP contribution in [0.2, 0.25) is 0 Å². The summed E-state index contributed by atoms with van der Waals surface area (Å²) in [6, 6.07) is 7.36. The fraction of sp³-hybridized carbons (Fsp3) is 0.214. The number of methoxy groups -OCH3 is 1. The third kappa shape index (κ3) is 2.53. The molecule has 0 unspecified atom stereocenters. The van der Waals surface area contributed by atoms with Gasteiger partial charge in [-0.1, -0.05) is 11.8 Å². The van der Waals surface area contributed by atoms with E-state index in [1.165, 1.54) is 11.8 Å². The fourth-order valence-electron chi connectivity index (χ4n) is 1.88. The van der Waals surface area contributed by atoms with Gasteiger partial charge in [-0.2, -0.15) is 5.26 Å². The van der Waals surface area contributed by atoms with Gasteiger partial charge in [0.25, 0.3) is 5.56 Å². The van der Waals surface area contributed by atoms with Crippen molar-refractivity contribution < 1.29 is 4.74 Å². The molecule has 1 aromatic carbocycles. The number of thioether (sulfide) groups is 1. The molecule has 1 N–H and O–H groups in total. The number of aromatic nitrogens is 2. The molecule has 2 rings (SSSR count). The van der Waals surface area contributed by atoms with Crippen LogP contribution in [0.5, 0.6) is 5.75 Å². The summed E-state index contributed by atoms with van der Waals surface area (Å²) in [7, 11) is 1.59. The Bertz CT molecular complexity index is 747. The highest BCUT2D eigenvalue weighted by Gasteiger charge is 2.15. The van der Waals surface area contributed by atoms with Crippen molar-refractivity contribution >= 4 is 11.8 Å².